The van der Waals surface area contributed by atoms with E-state index in [1.807, 2.05) is 41.5 Å². The fourth-order valence-electron chi connectivity index (χ4n) is 1.37. The zero-order valence-electron chi connectivity index (χ0n) is 10.5. The van der Waals surface area contributed by atoms with E-state index in [2.05, 4.69) is 0 Å². The van der Waals surface area contributed by atoms with Crippen molar-refractivity contribution in [3.05, 3.63) is 0 Å². The van der Waals surface area contributed by atoms with Gasteiger partial charge in [-0.1, -0.05) is 0 Å². The van der Waals surface area contributed by atoms with Crippen molar-refractivity contribution in [3.63, 3.8) is 0 Å². The Labute approximate surface area is 91.7 Å². The first-order valence-electron chi connectivity index (χ1n) is 5.28. The average molecular weight is 236 g/mol. The second kappa shape index (κ2) is 6.02. The van der Waals surface area contributed by atoms with Crippen LogP contribution in [0.5, 0.6) is 0 Å². The second-order valence-electron chi connectivity index (χ2n) is 4.36. The van der Waals surface area contributed by atoms with Gasteiger partial charge in [0.05, 0.1) is 0 Å². The lowest BCUT2D eigenvalue weighted by atomic mass is 10.5. The molecule has 0 heterocycles. The Bertz CT molecular complexity index is 134. The molecular formula is C9H24O3Si2. The van der Waals surface area contributed by atoms with Gasteiger partial charge in [0.15, 0.2) is 0 Å². The van der Waals surface area contributed by atoms with Crippen LogP contribution in [-0.4, -0.2) is 36.4 Å². The maximum Gasteiger partial charge on any atom is 0.458 e. The van der Waals surface area contributed by atoms with Gasteiger partial charge in [0.2, 0.25) is 0 Å². The minimum Gasteiger partial charge on any atom is -0.375 e. The summed E-state index contributed by atoms with van der Waals surface area (Å²) in [5.74, 6) is 0. The van der Waals surface area contributed by atoms with Crippen LogP contribution in [0.4, 0.5) is 0 Å². The molecule has 0 rings (SSSR count). The average Bonchev–Trinajstić information content (AvgIpc) is 1.76. The molecule has 86 valence electrons. The Morgan fingerprint density at radius 3 is 1.07 bits per heavy atom. The standard InChI is InChI=1S/C9H24O3Si2/c1-7(2)10-14(13,11-8(3)4)12-9(5)6/h7-9H,1-6,13H3. The maximum atomic E-state index is 5.82. The van der Waals surface area contributed by atoms with Crippen LogP contribution in [-0.2, 0) is 13.3 Å². The van der Waals surface area contributed by atoms with Gasteiger partial charge in [-0.15, -0.1) is 0 Å². The predicted molar refractivity (Wildman–Crippen MR) is 64.4 cm³/mol. The SMILES string of the molecule is CC(C)O[Si]([SiH3])(OC(C)C)OC(C)C. The molecule has 0 radical (unpaired) electrons. The lowest BCUT2D eigenvalue weighted by Crippen LogP contribution is -2.51. The molecule has 0 unspecified atom stereocenters. The summed E-state index contributed by atoms with van der Waals surface area (Å²) in [6.45, 7) is 12.1. The fraction of sp³-hybridized carbons (Fsp3) is 1.00. The van der Waals surface area contributed by atoms with Crippen LogP contribution < -0.4 is 0 Å². The lowest BCUT2D eigenvalue weighted by molar-refractivity contribution is 0.0223. The highest BCUT2D eigenvalue weighted by atomic mass is 29.2. The van der Waals surface area contributed by atoms with E-state index in [1.165, 1.54) is 0 Å². The van der Waals surface area contributed by atoms with Crippen LogP contribution in [0.1, 0.15) is 41.5 Å². The Kier molecular flexibility index (Phi) is 6.15. The van der Waals surface area contributed by atoms with Crippen molar-refractivity contribution in [3.8, 4) is 0 Å². The summed E-state index contributed by atoms with van der Waals surface area (Å²) in [6.07, 6.45) is 0.532. The van der Waals surface area contributed by atoms with E-state index in [1.54, 1.807) is 0 Å². The summed E-state index contributed by atoms with van der Waals surface area (Å²) in [4.78, 5) is 0. The number of hydrogen-bond donors (Lipinski definition) is 0. The normalized spacial score (nSPS) is 13.5. The van der Waals surface area contributed by atoms with Gasteiger partial charge in [-0.3, -0.25) is 0 Å². The molecule has 0 saturated heterocycles. The van der Waals surface area contributed by atoms with Crippen molar-refractivity contribution in [2.75, 3.05) is 0 Å². The highest BCUT2D eigenvalue weighted by molar-refractivity contribution is 7.05. The first kappa shape index (κ1) is 14.3. The predicted octanol–water partition coefficient (Wildman–Crippen LogP) is 1.06. The van der Waals surface area contributed by atoms with Crippen molar-refractivity contribution in [1.82, 2.24) is 0 Å². The molecule has 0 fully saturated rings. The second-order valence-corrected chi connectivity index (χ2v) is 10.5. The molecule has 3 nitrogen and oxygen atoms in total. The van der Waals surface area contributed by atoms with Crippen LogP contribution >= 0.6 is 0 Å². The molecule has 0 bridgehead atoms. The van der Waals surface area contributed by atoms with Crippen LogP contribution in [0.2, 0.25) is 0 Å². The topological polar surface area (TPSA) is 27.7 Å². The molecule has 0 aromatic heterocycles. The quantitative estimate of drug-likeness (QED) is 0.646. The van der Waals surface area contributed by atoms with E-state index in [-0.39, 0.29) is 18.3 Å². The molecule has 0 saturated carbocycles. The number of rotatable bonds is 6. The van der Waals surface area contributed by atoms with Gasteiger partial charge in [0.25, 0.3) is 0 Å². The lowest BCUT2D eigenvalue weighted by Gasteiger charge is -2.32. The highest BCUT2D eigenvalue weighted by Crippen LogP contribution is 2.13. The van der Waals surface area contributed by atoms with Crippen LogP contribution in [0.3, 0.4) is 0 Å². The summed E-state index contributed by atoms with van der Waals surface area (Å²) in [5.41, 5.74) is 0. The zero-order chi connectivity index (χ0) is 11.4. The molecular weight excluding hydrogens is 212 g/mol. The van der Waals surface area contributed by atoms with Crippen molar-refractivity contribution in [2.24, 2.45) is 0 Å². The van der Waals surface area contributed by atoms with Crippen LogP contribution in [0.15, 0.2) is 0 Å². The first-order valence-corrected chi connectivity index (χ1v) is 10.5. The Morgan fingerprint density at radius 2 is 0.929 bits per heavy atom. The van der Waals surface area contributed by atoms with E-state index in [0.717, 1.165) is 9.76 Å². The van der Waals surface area contributed by atoms with Gasteiger partial charge in [0.1, 0.15) is 9.76 Å². The summed E-state index contributed by atoms with van der Waals surface area (Å²) in [7, 11) is -1.47. The third-order valence-electron chi connectivity index (χ3n) is 1.35. The first-order chi connectivity index (χ1) is 6.25. The van der Waals surface area contributed by atoms with E-state index in [0.29, 0.717) is 0 Å². The van der Waals surface area contributed by atoms with Crippen molar-refractivity contribution < 1.29 is 13.3 Å². The fourth-order valence-corrected chi connectivity index (χ4v) is 8.35. The molecule has 0 N–H and O–H groups in total. The third-order valence-corrected chi connectivity index (χ3v) is 6.17. The van der Waals surface area contributed by atoms with Crippen molar-refractivity contribution in [1.29, 1.82) is 0 Å². The third kappa shape index (κ3) is 6.72. The molecule has 0 amide bonds. The highest BCUT2D eigenvalue weighted by Gasteiger charge is 2.37. The van der Waals surface area contributed by atoms with Gasteiger partial charge in [-0.25, -0.2) is 0 Å². The van der Waals surface area contributed by atoms with Gasteiger partial charge >= 0.3 is 8.32 Å². The molecule has 0 aromatic rings. The minimum absolute atomic E-state index is 0.177. The maximum absolute atomic E-state index is 5.82. The van der Waals surface area contributed by atoms with Crippen molar-refractivity contribution >= 4 is 18.1 Å². The Morgan fingerprint density at radius 1 is 0.714 bits per heavy atom. The number of hydrogen-bond acceptors (Lipinski definition) is 3. The summed E-state index contributed by atoms with van der Waals surface area (Å²) < 4.78 is 17.4. The molecule has 5 heteroatoms. The summed E-state index contributed by atoms with van der Waals surface area (Å²) in [5, 5.41) is 0. The van der Waals surface area contributed by atoms with E-state index < -0.39 is 8.32 Å². The van der Waals surface area contributed by atoms with Gasteiger partial charge in [0, 0.05) is 18.3 Å². The molecule has 0 aliphatic heterocycles. The molecule has 0 spiro atoms. The van der Waals surface area contributed by atoms with E-state index in [4.69, 9.17) is 13.3 Å². The zero-order valence-corrected chi connectivity index (χ0v) is 13.5. The van der Waals surface area contributed by atoms with Gasteiger partial charge in [-0.2, -0.15) is 0 Å². The van der Waals surface area contributed by atoms with Gasteiger partial charge < -0.3 is 13.3 Å². The molecule has 14 heavy (non-hydrogen) atoms. The van der Waals surface area contributed by atoms with Crippen LogP contribution in [0, 0.1) is 0 Å². The molecule has 0 aliphatic rings. The molecule has 0 atom stereocenters. The summed E-state index contributed by atoms with van der Waals surface area (Å²) in [6, 6.07) is 0. The Hall–Kier alpha value is 0.314. The monoisotopic (exact) mass is 236 g/mol. The molecule has 0 aliphatic carbocycles. The van der Waals surface area contributed by atoms with Gasteiger partial charge in [-0.05, 0) is 41.5 Å². The minimum atomic E-state index is -2.30. The summed E-state index contributed by atoms with van der Waals surface area (Å²) >= 11 is 0. The van der Waals surface area contributed by atoms with Crippen LogP contribution in [0.25, 0.3) is 0 Å². The van der Waals surface area contributed by atoms with E-state index in [9.17, 15) is 0 Å². The molecule has 0 aromatic carbocycles. The smallest absolute Gasteiger partial charge is 0.375 e. The largest absolute Gasteiger partial charge is 0.458 e. The Balaban J connectivity index is 4.32. The van der Waals surface area contributed by atoms with Crippen molar-refractivity contribution in [2.45, 2.75) is 59.9 Å². The van der Waals surface area contributed by atoms with E-state index >= 15 is 0 Å².